The highest BCUT2D eigenvalue weighted by Crippen LogP contribution is 2.49. The van der Waals surface area contributed by atoms with Gasteiger partial charge in [-0.15, -0.1) is 0 Å². The second kappa shape index (κ2) is 3.76. The largest absolute Gasteiger partial charge is 0.367 e. The predicted molar refractivity (Wildman–Crippen MR) is 58.2 cm³/mol. The van der Waals surface area contributed by atoms with E-state index in [2.05, 4.69) is 23.9 Å². The van der Waals surface area contributed by atoms with E-state index in [9.17, 15) is 0 Å². The molecule has 0 amide bonds. The molecule has 2 aliphatic rings. The first-order chi connectivity index (χ1) is 8.14. The molecule has 3 heterocycles. The molecular formula is C11H17N3O3. The highest BCUT2D eigenvalue weighted by molar-refractivity contribution is 5.05. The van der Waals surface area contributed by atoms with E-state index in [0.717, 1.165) is 0 Å². The maximum absolute atomic E-state index is 5.70. The average Bonchev–Trinajstić information content (AvgIpc) is 2.75. The van der Waals surface area contributed by atoms with Gasteiger partial charge in [-0.05, 0) is 0 Å². The molecule has 1 atom stereocenters. The highest BCUT2D eigenvalue weighted by atomic mass is 16.7. The van der Waals surface area contributed by atoms with Crippen LogP contribution >= 0.6 is 0 Å². The molecule has 0 aromatic carbocycles. The Balaban J connectivity index is 1.77. The summed E-state index contributed by atoms with van der Waals surface area (Å²) < 4.78 is 18.7. The number of hydrogen-bond donors (Lipinski definition) is 0. The summed E-state index contributed by atoms with van der Waals surface area (Å²) in [6, 6.07) is 0. The summed E-state index contributed by atoms with van der Waals surface area (Å²) in [6.07, 6.45) is 3.04. The van der Waals surface area contributed by atoms with Crippen molar-refractivity contribution in [3.63, 3.8) is 0 Å². The number of hydrogen-bond acceptors (Lipinski definition) is 5. The van der Waals surface area contributed by atoms with Gasteiger partial charge in [-0.3, -0.25) is 0 Å². The van der Waals surface area contributed by atoms with Crippen molar-refractivity contribution in [2.75, 3.05) is 19.8 Å². The first kappa shape index (κ1) is 11.1. The van der Waals surface area contributed by atoms with Crippen molar-refractivity contribution >= 4 is 0 Å². The van der Waals surface area contributed by atoms with Gasteiger partial charge in [0.2, 0.25) is 0 Å². The zero-order valence-electron chi connectivity index (χ0n) is 10.1. The van der Waals surface area contributed by atoms with Gasteiger partial charge in [0.15, 0.2) is 6.29 Å². The van der Waals surface area contributed by atoms with Gasteiger partial charge in [-0.2, -0.15) is 5.10 Å². The quantitative estimate of drug-likeness (QED) is 0.714. The minimum absolute atomic E-state index is 0.199. The molecule has 0 aliphatic carbocycles. The van der Waals surface area contributed by atoms with E-state index in [1.165, 1.54) is 6.33 Å². The summed E-state index contributed by atoms with van der Waals surface area (Å²) >= 11 is 0. The molecule has 17 heavy (non-hydrogen) atoms. The van der Waals surface area contributed by atoms with E-state index in [1.54, 1.807) is 11.0 Å². The van der Waals surface area contributed by atoms with E-state index in [1.807, 2.05) is 0 Å². The topological polar surface area (TPSA) is 61.7 Å². The number of aromatic nitrogens is 3. The smallest absolute Gasteiger partial charge is 0.165 e. The van der Waals surface area contributed by atoms with Crippen molar-refractivity contribution in [3.05, 3.63) is 12.7 Å². The summed E-state index contributed by atoms with van der Waals surface area (Å²) in [7, 11) is 0. The summed E-state index contributed by atoms with van der Waals surface area (Å²) in [5, 5.41) is 4.13. The Labute approximate surface area is 99.9 Å². The molecule has 2 aliphatic heterocycles. The standard InChI is InChI=1S/C11H17N3O3/c1-10(2,9-15-3-4-16-9)11(6-17-11)5-14-8-12-7-13-14/h7-9H,3-6H2,1-2H3. The third kappa shape index (κ3) is 1.76. The fraction of sp³-hybridized carbons (Fsp3) is 0.818. The van der Waals surface area contributed by atoms with Crippen LogP contribution < -0.4 is 0 Å². The Kier molecular flexibility index (Phi) is 2.46. The monoisotopic (exact) mass is 239 g/mol. The molecule has 3 rings (SSSR count). The molecule has 6 heteroatoms. The van der Waals surface area contributed by atoms with Gasteiger partial charge in [0.1, 0.15) is 18.3 Å². The predicted octanol–water partition coefficient (Wildman–Crippen LogP) is 0.446. The van der Waals surface area contributed by atoms with Crippen molar-refractivity contribution in [2.24, 2.45) is 5.41 Å². The lowest BCUT2D eigenvalue weighted by molar-refractivity contribution is -0.149. The van der Waals surface area contributed by atoms with E-state index in [4.69, 9.17) is 14.2 Å². The summed E-state index contributed by atoms with van der Waals surface area (Å²) in [6.45, 7) is 6.95. The van der Waals surface area contributed by atoms with Crippen LogP contribution in [-0.4, -0.2) is 46.5 Å². The molecule has 0 bridgehead atoms. The average molecular weight is 239 g/mol. The van der Waals surface area contributed by atoms with Crippen LogP contribution in [0.15, 0.2) is 12.7 Å². The number of ether oxygens (including phenoxy) is 3. The van der Waals surface area contributed by atoms with Gasteiger partial charge in [-0.25, -0.2) is 9.67 Å². The zero-order valence-corrected chi connectivity index (χ0v) is 10.1. The molecule has 6 nitrogen and oxygen atoms in total. The van der Waals surface area contributed by atoms with Crippen molar-refractivity contribution in [3.8, 4) is 0 Å². The first-order valence-corrected chi connectivity index (χ1v) is 5.84. The maximum atomic E-state index is 5.70. The summed E-state index contributed by atoms with van der Waals surface area (Å²) in [5.74, 6) is 0. The molecule has 2 saturated heterocycles. The van der Waals surface area contributed by atoms with Crippen LogP contribution in [0.3, 0.4) is 0 Å². The second-order valence-electron chi connectivity index (χ2n) is 5.17. The lowest BCUT2D eigenvalue weighted by Crippen LogP contribution is -2.46. The normalized spacial score (nSPS) is 29.8. The van der Waals surface area contributed by atoms with E-state index >= 15 is 0 Å². The molecule has 0 N–H and O–H groups in total. The second-order valence-corrected chi connectivity index (χ2v) is 5.17. The SMILES string of the molecule is CC(C)(C1OCCO1)C1(Cn2cncn2)CO1. The maximum Gasteiger partial charge on any atom is 0.165 e. The van der Waals surface area contributed by atoms with Crippen molar-refractivity contribution in [2.45, 2.75) is 32.3 Å². The third-order valence-electron chi connectivity index (χ3n) is 3.76. The Hall–Kier alpha value is -0.980. The van der Waals surface area contributed by atoms with Crippen molar-refractivity contribution in [1.29, 1.82) is 0 Å². The Morgan fingerprint density at radius 1 is 1.41 bits per heavy atom. The van der Waals surface area contributed by atoms with Crippen molar-refractivity contribution in [1.82, 2.24) is 14.8 Å². The van der Waals surface area contributed by atoms with E-state index < -0.39 is 0 Å². The number of rotatable bonds is 4. The lowest BCUT2D eigenvalue weighted by Gasteiger charge is -2.35. The van der Waals surface area contributed by atoms with E-state index in [0.29, 0.717) is 26.4 Å². The Morgan fingerprint density at radius 2 is 2.12 bits per heavy atom. The van der Waals surface area contributed by atoms with Gasteiger partial charge in [0, 0.05) is 5.41 Å². The molecule has 1 aromatic rings. The number of nitrogens with zero attached hydrogens (tertiary/aromatic N) is 3. The zero-order chi connectivity index (χ0) is 11.9. The van der Waals surface area contributed by atoms with Gasteiger partial charge in [-0.1, -0.05) is 13.8 Å². The van der Waals surface area contributed by atoms with Crippen LogP contribution in [0.2, 0.25) is 0 Å². The van der Waals surface area contributed by atoms with Crippen LogP contribution in [0.4, 0.5) is 0 Å². The van der Waals surface area contributed by atoms with Crippen LogP contribution in [0.5, 0.6) is 0 Å². The molecule has 94 valence electrons. The van der Waals surface area contributed by atoms with E-state index in [-0.39, 0.29) is 17.3 Å². The molecule has 0 saturated carbocycles. The number of epoxide rings is 1. The molecule has 0 radical (unpaired) electrons. The minimum Gasteiger partial charge on any atom is -0.367 e. The molecular weight excluding hydrogens is 222 g/mol. The minimum atomic E-state index is -0.254. The van der Waals surface area contributed by atoms with Crippen LogP contribution in [0.1, 0.15) is 13.8 Å². The van der Waals surface area contributed by atoms with Crippen LogP contribution in [0.25, 0.3) is 0 Å². The van der Waals surface area contributed by atoms with Gasteiger partial charge < -0.3 is 14.2 Å². The Bertz CT molecular complexity index is 381. The lowest BCUT2D eigenvalue weighted by atomic mass is 9.78. The van der Waals surface area contributed by atoms with Crippen LogP contribution in [-0.2, 0) is 20.8 Å². The highest BCUT2D eigenvalue weighted by Gasteiger charge is 2.61. The molecule has 2 fully saturated rings. The fourth-order valence-corrected chi connectivity index (χ4v) is 2.32. The molecule has 0 spiro atoms. The summed E-state index contributed by atoms with van der Waals surface area (Å²) in [5.41, 5.74) is -0.453. The Morgan fingerprint density at radius 3 is 2.65 bits per heavy atom. The van der Waals surface area contributed by atoms with Gasteiger partial charge >= 0.3 is 0 Å². The first-order valence-electron chi connectivity index (χ1n) is 5.84. The van der Waals surface area contributed by atoms with Gasteiger partial charge in [0.05, 0.1) is 26.4 Å². The van der Waals surface area contributed by atoms with Crippen LogP contribution in [0, 0.1) is 5.41 Å². The molecule has 1 unspecified atom stereocenters. The summed E-state index contributed by atoms with van der Waals surface area (Å²) in [4.78, 5) is 3.95. The third-order valence-corrected chi connectivity index (χ3v) is 3.76. The molecule has 1 aromatic heterocycles. The van der Waals surface area contributed by atoms with Crippen molar-refractivity contribution < 1.29 is 14.2 Å². The van der Waals surface area contributed by atoms with Gasteiger partial charge in [0.25, 0.3) is 0 Å². The fourth-order valence-electron chi connectivity index (χ4n) is 2.32.